The summed E-state index contributed by atoms with van der Waals surface area (Å²) in [4.78, 5) is 35.1. The second kappa shape index (κ2) is 13.5. The van der Waals surface area contributed by atoms with Crippen LogP contribution in [0.2, 0.25) is 0 Å². The fourth-order valence-corrected chi connectivity index (χ4v) is 3.68. The molecule has 0 unspecified atom stereocenters. The highest BCUT2D eigenvalue weighted by Crippen LogP contribution is 2.31. The van der Waals surface area contributed by atoms with Crippen molar-refractivity contribution in [3.05, 3.63) is 77.6 Å². The summed E-state index contributed by atoms with van der Waals surface area (Å²) in [5.41, 5.74) is 1.86. The van der Waals surface area contributed by atoms with Gasteiger partial charge in [0.1, 0.15) is 5.75 Å². The molecule has 1 heterocycles. The van der Waals surface area contributed by atoms with Crippen molar-refractivity contribution in [2.24, 2.45) is 0 Å². The van der Waals surface area contributed by atoms with Crippen LogP contribution in [0.15, 0.2) is 60.9 Å². The zero-order valence-corrected chi connectivity index (χ0v) is 20.4. The Labute approximate surface area is 212 Å². The number of aromatic nitrogens is 1. The lowest BCUT2D eigenvalue weighted by Gasteiger charge is -2.22. The summed E-state index contributed by atoms with van der Waals surface area (Å²) in [6.07, 6.45) is 3.56. The number of carbonyl (C=O) groups is 2. The molecule has 0 atom stereocenters. The molecule has 0 saturated carbocycles. The molecule has 0 saturated heterocycles. The summed E-state index contributed by atoms with van der Waals surface area (Å²) in [6.45, 7) is 3.70. The van der Waals surface area contributed by atoms with Crippen LogP contribution in [-0.4, -0.2) is 47.3 Å². The van der Waals surface area contributed by atoms with Gasteiger partial charge < -0.3 is 25.5 Å². The van der Waals surface area contributed by atoms with Gasteiger partial charge in [0.15, 0.2) is 5.75 Å². The zero-order chi connectivity index (χ0) is 26.1. The molecule has 3 aromatic rings. The van der Waals surface area contributed by atoms with Crippen LogP contribution < -0.4 is 19.9 Å². The first-order valence-corrected chi connectivity index (χ1v) is 11.3. The average Bonchev–Trinajstić information content (AvgIpc) is 2.88. The molecular formula is C26H28F2N4O5. The van der Waals surface area contributed by atoms with E-state index >= 15 is 0 Å². The highest BCUT2D eigenvalue weighted by Gasteiger charge is 2.23. The van der Waals surface area contributed by atoms with Crippen molar-refractivity contribution < 1.29 is 33.6 Å². The second-order valence-electron chi connectivity index (χ2n) is 7.68. The first-order valence-electron chi connectivity index (χ1n) is 11.3. The van der Waals surface area contributed by atoms with Gasteiger partial charge in [-0.05, 0) is 43.7 Å². The summed E-state index contributed by atoms with van der Waals surface area (Å²) in [5.74, 6) is -1.56. The first kappa shape index (κ1) is 28.7. The zero-order valence-electron chi connectivity index (χ0n) is 20.4. The van der Waals surface area contributed by atoms with E-state index in [4.69, 9.17) is 10.1 Å². The van der Waals surface area contributed by atoms with Crippen molar-refractivity contribution in [2.75, 3.05) is 24.6 Å². The lowest BCUT2D eigenvalue weighted by molar-refractivity contribution is -0.117. The molecule has 0 aliphatic rings. The number of carbonyl (C=O) groups excluding carboxylic acids is 2. The highest BCUT2D eigenvalue weighted by molar-refractivity contribution is 6.12. The number of phenolic OH excluding ortho intramolecular Hbond substituents is 1. The van der Waals surface area contributed by atoms with Crippen LogP contribution in [0.3, 0.4) is 0 Å². The minimum atomic E-state index is -0.571. The molecule has 2 amide bonds. The van der Waals surface area contributed by atoms with E-state index < -0.39 is 17.6 Å². The van der Waals surface area contributed by atoms with E-state index in [1.807, 2.05) is 6.07 Å². The average molecular weight is 515 g/mol. The standard InChI is InChI=1S/C26H27FN4O5.FH/c1-3-31(18-10-11-22(36-27)21(32)14-18)24(33)16-30-26(34)25-19(8-5-9-23(25)35-4-2)20(28)13-17-7-6-12-29-15-17;/h5-12,14-15,28,32H,3-4,13,16H2,1-2H3,(H,30,34);1H. The minimum absolute atomic E-state index is 0. The van der Waals surface area contributed by atoms with Gasteiger partial charge in [-0.15, -0.1) is 0 Å². The molecular weight excluding hydrogens is 486 g/mol. The van der Waals surface area contributed by atoms with Gasteiger partial charge in [-0.3, -0.25) is 24.2 Å². The van der Waals surface area contributed by atoms with Gasteiger partial charge in [-0.2, -0.15) is 0 Å². The minimum Gasteiger partial charge on any atom is -0.504 e. The van der Waals surface area contributed by atoms with Crippen molar-refractivity contribution in [1.82, 2.24) is 10.3 Å². The molecule has 9 nitrogen and oxygen atoms in total. The summed E-state index contributed by atoms with van der Waals surface area (Å²) in [6, 6.07) is 12.4. The molecule has 0 spiro atoms. The molecule has 3 rings (SSSR count). The Morgan fingerprint density at radius 3 is 2.54 bits per heavy atom. The van der Waals surface area contributed by atoms with E-state index in [1.54, 1.807) is 50.5 Å². The van der Waals surface area contributed by atoms with Gasteiger partial charge in [-0.25, -0.2) is 0 Å². The van der Waals surface area contributed by atoms with Crippen LogP contribution >= 0.6 is 0 Å². The molecule has 1 aromatic heterocycles. The number of phenols is 1. The Morgan fingerprint density at radius 2 is 1.92 bits per heavy atom. The predicted molar refractivity (Wildman–Crippen MR) is 135 cm³/mol. The number of aromatic hydroxyl groups is 1. The van der Waals surface area contributed by atoms with Gasteiger partial charge in [-0.1, -0.05) is 18.2 Å². The molecule has 196 valence electrons. The Kier molecular flexibility index (Phi) is 10.5. The van der Waals surface area contributed by atoms with E-state index in [9.17, 15) is 19.2 Å². The van der Waals surface area contributed by atoms with Gasteiger partial charge in [0.25, 0.3) is 5.91 Å². The van der Waals surface area contributed by atoms with Crippen LogP contribution in [0.4, 0.5) is 14.9 Å². The smallest absolute Gasteiger partial charge is 0.256 e. The lowest BCUT2D eigenvalue weighted by atomic mass is 9.97. The van der Waals surface area contributed by atoms with Crippen molar-refractivity contribution >= 4 is 23.2 Å². The quantitative estimate of drug-likeness (QED) is 0.332. The van der Waals surface area contributed by atoms with Crippen LogP contribution in [0.25, 0.3) is 0 Å². The summed E-state index contributed by atoms with van der Waals surface area (Å²) in [7, 11) is 0. The number of nitrogens with zero attached hydrogens (tertiary/aromatic N) is 2. The Hall–Kier alpha value is -4.54. The molecule has 3 N–H and O–H groups in total. The number of likely N-dealkylation sites (N-methyl/N-ethyl adjacent to an activating group) is 1. The maximum atomic E-state index is 13.2. The van der Waals surface area contributed by atoms with Crippen LogP contribution in [0.5, 0.6) is 17.2 Å². The third-order valence-corrected chi connectivity index (χ3v) is 5.34. The molecule has 0 bridgehead atoms. The third kappa shape index (κ3) is 7.00. The fourth-order valence-electron chi connectivity index (χ4n) is 3.68. The lowest BCUT2D eigenvalue weighted by Crippen LogP contribution is -2.40. The van der Waals surface area contributed by atoms with E-state index in [2.05, 4.69) is 15.2 Å². The fraction of sp³-hybridized carbons (Fsp3) is 0.231. The van der Waals surface area contributed by atoms with Crippen LogP contribution in [0, 0.1) is 5.41 Å². The molecule has 2 aromatic carbocycles. The summed E-state index contributed by atoms with van der Waals surface area (Å²) >= 11 is 0. The maximum Gasteiger partial charge on any atom is 0.256 e. The number of anilines is 1. The van der Waals surface area contributed by atoms with E-state index in [0.717, 1.165) is 5.56 Å². The highest BCUT2D eigenvalue weighted by atomic mass is 19.3. The number of hydrogen-bond acceptors (Lipinski definition) is 7. The normalized spacial score (nSPS) is 10.1. The molecule has 0 aliphatic heterocycles. The number of hydrogen-bond donors (Lipinski definition) is 3. The first-order chi connectivity index (χ1) is 17.4. The third-order valence-electron chi connectivity index (χ3n) is 5.34. The van der Waals surface area contributed by atoms with Gasteiger partial charge in [0.2, 0.25) is 11.7 Å². The summed E-state index contributed by atoms with van der Waals surface area (Å²) < 4.78 is 18.1. The summed E-state index contributed by atoms with van der Waals surface area (Å²) in [5, 5.41) is 21.1. The van der Waals surface area contributed by atoms with Crippen molar-refractivity contribution in [3.8, 4) is 17.2 Å². The largest absolute Gasteiger partial charge is 0.504 e. The predicted octanol–water partition coefficient (Wildman–Crippen LogP) is 4.00. The molecule has 0 aliphatic carbocycles. The Morgan fingerprint density at radius 1 is 1.14 bits per heavy atom. The van der Waals surface area contributed by atoms with Gasteiger partial charge in [0.05, 0.1) is 18.7 Å². The molecule has 0 fully saturated rings. The number of halogens is 2. The van der Waals surface area contributed by atoms with Crippen molar-refractivity contribution in [2.45, 2.75) is 20.3 Å². The van der Waals surface area contributed by atoms with Crippen molar-refractivity contribution in [3.63, 3.8) is 0 Å². The molecule has 0 radical (unpaired) electrons. The monoisotopic (exact) mass is 514 g/mol. The Bertz CT molecular complexity index is 1240. The van der Waals surface area contributed by atoms with Crippen molar-refractivity contribution in [1.29, 1.82) is 5.41 Å². The SMILES string of the molecule is CCOc1cccc(C(=N)Cc2cccnc2)c1C(=O)NCC(=O)N(CC)c1ccc(OF)c(O)c1.F. The second-order valence-corrected chi connectivity index (χ2v) is 7.68. The Balaban J connectivity index is 0.00000481. The molecule has 37 heavy (non-hydrogen) atoms. The van der Waals surface area contributed by atoms with Gasteiger partial charge in [0, 0.05) is 52.9 Å². The maximum absolute atomic E-state index is 13.2. The number of benzene rings is 2. The van der Waals surface area contributed by atoms with Crippen LogP contribution in [-0.2, 0) is 11.2 Å². The van der Waals surface area contributed by atoms with Crippen LogP contribution in [0.1, 0.15) is 35.3 Å². The number of ether oxygens (including phenoxy) is 1. The topological polar surface area (TPSA) is 125 Å². The van der Waals surface area contributed by atoms with E-state index in [-0.39, 0.29) is 41.2 Å². The molecule has 11 heteroatoms. The number of amides is 2. The number of pyridine rings is 1. The number of nitrogens with one attached hydrogen (secondary N) is 2. The van der Waals surface area contributed by atoms with E-state index in [0.29, 0.717) is 23.6 Å². The van der Waals surface area contributed by atoms with E-state index in [1.165, 1.54) is 23.1 Å². The van der Waals surface area contributed by atoms with Gasteiger partial charge >= 0.3 is 0 Å². The number of rotatable bonds is 11.